The highest BCUT2D eigenvalue weighted by atomic mass is 35.5. The van der Waals surface area contributed by atoms with Crippen molar-refractivity contribution in [2.45, 2.75) is 4.90 Å². The lowest BCUT2D eigenvalue weighted by atomic mass is 10.3. The molecule has 0 amide bonds. The molecule has 0 unspecified atom stereocenters. The van der Waals surface area contributed by atoms with Crippen molar-refractivity contribution in [1.29, 1.82) is 0 Å². The third kappa shape index (κ3) is 3.18. The maximum atomic E-state index is 12.4. The number of fused-ring (bicyclic) bond motifs is 1. The summed E-state index contributed by atoms with van der Waals surface area (Å²) in [5.74, 6) is -0.671. The van der Waals surface area contributed by atoms with Crippen LogP contribution in [0, 0.1) is 0 Å². The number of nitrogens with one attached hydrogen (secondary N) is 2. The Balaban J connectivity index is 2.03. The van der Waals surface area contributed by atoms with Gasteiger partial charge in [-0.15, -0.1) is 0 Å². The van der Waals surface area contributed by atoms with Gasteiger partial charge in [-0.05, 0) is 24.3 Å². The maximum absolute atomic E-state index is 12.4. The van der Waals surface area contributed by atoms with E-state index in [0.717, 1.165) is 0 Å². The molecule has 0 saturated heterocycles. The molecule has 10 heteroatoms. The lowest BCUT2D eigenvalue weighted by Gasteiger charge is -2.10. The molecular formula is C13H7Cl3N2O4S. The largest absolute Gasteiger partial charge is 0.417 e. The summed E-state index contributed by atoms with van der Waals surface area (Å²) in [5, 5.41) is 0.452. The number of benzene rings is 2. The number of halogens is 3. The van der Waals surface area contributed by atoms with E-state index < -0.39 is 15.8 Å². The van der Waals surface area contributed by atoms with Crippen LogP contribution in [0.4, 0.5) is 5.69 Å². The molecule has 0 saturated carbocycles. The molecule has 23 heavy (non-hydrogen) atoms. The summed E-state index contributed by atoms with van der Waals surface area (Å²) in [7, 11) is -3.96. The van der Waals surface area contributed by atoms with Gasteiger partial charge >= 0.3 is 5.76 Å². The number of hydrogen-bond acceptors (Lipinski definition) is 4. The van der Waals surface area contributed by atoms with Gasteiger partial charge in [0.2, 0.25) is 0 Å². The van der Waals surface area contributed by atoms with Gasteiger partial charge in [-0.1, -0.05) is 34.8 Å². The molecule has 0 spiro atoms. The van der Waals surface area contributed by atoms with Crippen LogP contribution in [0.25, 0.3) is 11.1 Å². The summed E-state index contributed by atoms with van der Waals surface area (Å²) < 4.78 is 32.0. The van der Waals surface area contributed by atoms with E-state index in [2.05, 4.69) is 9.71 Å². The summed E-state index contributed by atoms with van der Waals surface area (Å²) in [4.78, 5) is 13.4. The first kappa shape index (κ1) is 16.2. The van der Waals surface area contributed by atoms with Gasteiger partial charge in [0, 0.05) is 6.07 Å². The second-order valence-electron chi connectivity index (χ2n) is 4.52. The van der Waals surface area contributed by atoms with Crippen molar-refractivity contribution in [3.8, 4) is 0 Å². The van der Waals surface area contributed by atoms with Gasteiger partial charge < -0.3 is 4.42 Å². The van der Waals surface area contributed by atoms with Crippen LogP contribution in [0.1, 0.15) is 0 Å². The highest BCUT2D eigenvalue weighted by Gasteiger charge is 2.18. The molecule has 0 radical (unpaired) electrons. The quantitative estimate of drug-likeness (QED) is 0.660. The Morgan fingerprint density at radius 1 is 1.00 bits per heavy atom. The Morgan fingerprint density at radius 3 is 2.43 bits per heavy atom. The molecule has 1 aromatic heterocycles. The van der Waals surface area contributed by atoms with E-state index in [9.17, 15) is 13.2 Å². The third-order valence-electron chi connectivity index (χ3n) is 2.96. The van der Waals surface area contributed by atoms with Crippen LogP contribution in [0.5, 0.6) is 0 Å². The summed E-state index contributed by atoms with van der Waals surface area (Å²) in [6.07, 6.45) is 0. The topological polar surface area (TPSA) is 92.2 Å². The minimum Gasteiger partial charge on any atom is -0.408 e. The minimum absolute atomic E-state index is 0.0803. The van der Waals surface area contributed by atoms with E-state index >= 15 is 0 Å². The highest BCUT2D eigenvalue weighted by molar-refractivity contribution is 7.92. The normalized spacial score (nSPS) is 11.8. The molecule has 0 aliphatic heterocycles. The Morgan fingerprint density at radius 2 is 1.70 bits per heavy atom. The second kappa shape index (κ2) is 5.76. The van der Waals surface area contributed by atoms with Crippen molar-refractivity contribution in [2.24, 2.45) is 0 Å². The third-order valence-corrected chi connectivity index (χ3v) is 5.36. The van der Waals surface area contributed by atoms with Crippen molar-refractivity contribution in [2.75, 3.05) is 4.72 Å². The number of H-pyrrole nitrogens is 1. The highest BCUT2D eigenvalue weighted by Crippen LogP contribution is 2.33. The molecule has 3 aromatic rings. The smallest absolute Gasteiger partial charge is 0.408 e. The van der Waals surface area contributed by atoms with Crippen molar-refractivity contribution >= 4 is 61.6 Å². The van der Waals surface area contributed by atoms with Crippen LogP contribution >= 0.6 is 34.8 Å². The van der Waals surface area contributed by atoms with Crippen LogP contribution in [0.2, 0.25) is 15.1 Å². The zero-order valence-electron chi connectivity index (χ0n) is 11.1. The number of oxazole rings is 1. The summed E-state index contributed by atoms with van der Waals surface area (Å²) in [6.45, 7) is 0. The SMILES string of the molecule is O=c1[nH]c2ccc(S(=O)(=O)Nc3cc(Cl)c(Cl)cc3Cl)cc2o1. The molecule has 2 aromatic carbocycles. The van der Waals surface area contributed by atoms with Gasteiger partial charge in [-0.25, -0.2) is 13.2 Å². The fraction of sp³-hybridized carbons (Fsp3) is 0. The average Bonchev–Trinajstić information content (AvgIpc) is 2.83. The number of hydrogen-bond donors (Lipinski definition) is 2. The summed E-state index contributed by atoms with van der Waals surface area (Å²) in [5.41, 5.74) is 0.594. The molecule has 2 N–H and O–H groups in total. The molecular weight excluding hydrogens is 387 g/mol. The standard InChI is InChI=1S/C13H7Cl3N2O4S/c14-7-4-9(16)11(5-8(7)15)18-23(20,21)6-1-2-10-12(3-6)22-13(19)17-10/h1-5,18H,(H,17,19). The Labute approximate surface area is 145 Å². The van der Waals surface area contributed by atoms with E-state index in [4.69, 9.17) is 39.2 Å². The number of anilines is 1. The van der Waals surface area contributed by atoms with Crippen LogP contribution in [-0.4, -0.2) is 13.4 Å². The molecule has 3 rings (SSSR count). The van der Waals surface area contributed by atoms with Crippen molar-refractivity contribution in [3.63, 3.8) is 0 Å². The summed E-state index contributed by atoms with van der Waals surface area (Å²) in [6, 6.07) is 6.60. The molecule has 6 nitrogen and oxygen atoms in total. The molecule has 0 fully saturated rings. The lowest BCUT2D eigenvalue weighted by molar-refractivity contribution is 0.554. The number of rotatable bonds is 3. The molecule has 0 bridgehead atoms. The molecule has 0 aliphatic carbocycles. The first-order valence-corrected chi connectivity index (χ1v) is 8.68. The van der Waals surface area contributed by atoms with Gasteiger partial charge in [0.25, 0.3) is 10.0 Å². The van der Waals surface area contributed by atoms with Crippen molar-refractivity contribution < 1.29 is 12.8 Å². The van der Waals surface area contributed by atoms with Crippen LogP contribution < -0.4 is 10.5 Å². The van der Waals surface area contributed by atoms with Gasteiger partial charge in [0.1, 0.15) is 0 Å². The number of aromatic amines is 1. The van der Waals surface area contributed by atoms with Crippen molar-refractivity contribution in [1.82, 2.24) is 4.98 Å². The Bertz CT molecular complexity index is 1070. The van der Waals surface area contributed by atoms with Crippen LogP contribution in [0.15, 0.2) is 44.4 Å². The van der Waals surface area contributed by atoms with Gasteiger partial charge in [-0.2, -0.15) is 0 Å². The monoisotopic (exact) mass is 392 g/mol. The fourth-order valence-corrected chi connectivity index (χ4v) is 3.63. The van der Waals surface area contributed by atoms with E-state index in [1.54, 1.807) is 0 Å². The second-order valence-corrected chi connectivity index (χ2v) is 7.43. The Hall–Kier alpha value is -1.67. The van der Waals surface area contributed by atoms with E-state index in [1.165, 1.54) is 30.3 Å². The van der Waals surface area contributed by atoms with E-state index in [-0.39, 0.29) is 31.2 Å². The van der Waals surface area contributed by atoms with Crippen molar-refractivity contribution in [3.05, 3.63) is 56.0 Å². The van der Waals surface area contributed by atoms with Crippen LogP contribution in [0.3, 0.4) is 0 Å². The van der Waals surface area contributed by atoms with E-state index in [1.807, 2.05) is 0 Å². The predicted octanol–water partition coefficient (Wildman–Crippen LogP) is 3.88. The molecule has 0 atom stereocenters. The number of sulfonamides is 1. The maximum Gasteiger partial charge on any atom is 0.417 e. The summed E-state index contributed by atoms with van der Waals surface area (Å²) >= 11 is 17.6. The first-order valence-electron chi connectivity index (χ1n) is 6.06. The first-order chi connectivity index (χ1) is 10.8. The Kier molecular flexibility index (Phi) is 4.05. The van der Waals surface area contributed by atoms with Gasteiger partial charge in [0.05, 0.1) is 31.2 Å². The number of aromatic nitrogens is 1. The van der Waals surface area contributed by atoms with Gasteiger partial charge in [-0.3, -0.25) is 9.71 Å². The predicted molar refractivity (Wildman–Crippen MR) is 89.1 cm³/mol. The van der Waals surface area contributed by atoms with Gasteiger partial charge in [0.15, 0.2) is 5.58 Å². The van der Waals surface area contributed by atoms with Crippen LogP contribution in [-0.2, 0) is 10.0 Å². The van der Waals surface area contributed by atoms with E-state index in [0.29, 0.717) is 5.52 Å². The zero-order chi connectivity index (χ0) is 16.8. The zero-order valence-corrected chi connectivity index (χ0v) is 14.1. The minimum atomic E-state index is -3.96. The average molecular weight is 394 g/mol. The fourth-order valence-electron chi connectivity index (χ4n) is 1.90. The molecule has 1 heterocycles. The lowest BCUT2D eigenvalue weighted by Crippen LogP contribution is -2.13. The molecule has 0 aliphatic rings. The molecule has 120 valence electrons.